The second-order valence-electron chi connectivity index (χ2n) is 5.22. The summed E-state index contributed by atoms with van der Waals surface area (Å²) >= 11 is 1.38. The third-order valence-electron chi connectivity index (χ3n) is 3.70. The second kappa shape index (κ2) is 7.27. The van der Waals surface area contributed by atoms with E-state index < -0.39 is 5.54 Å². The van der Waals surface area contributed by atoms with Crippen molar-refractivity contribution in [3.05, 3.63) is 30.1 Å². The summed E-state index contributed by atoms with van der Waals surface area (Å²) in [6.07, 6.45) is 2.04. The smallest absolute Gasteiger partial charge is 0.327 e. The molecule has 1 aromatic carbocycles. The minimum Gasteiger partial charge on any atom is -0.465 e. The van der Waals surface area contributed by atoms with Crippen LogP contribution >= 0.6 is 11.8 Å². The third-order valence-corrected chi connectivity index (χ3v) is 4.94. The van der Waals surface area contributed by atoms with E-state index in [0.717, 1.165) is 12.8 Å². The van der Waals surface area contributed by atoms with E-state index in [4.69, 9.17) is 4.74 Å². The first-order valence-corrected chi connectivity index (χ1v) is 8.42. The number of halogens is 1. The number of carbonyl (C=O) groups is 1. The van der Waals surface area contributed by atoms with Crippen molar-refractivity contribution in [3.8, 4) is 0 Å². The van der Waals surface area contributed by atoms with Crippen molar-refractivity contribution in [2.75, 3.05) is 18.9 Å². The molecule has 0 saturated heterocycles. The van der Waals surface area contributed by atoms with E-state index in [1.165, 1.54) is 17.8 Å². The molecule has 1 aliphatic carbocycles. The molecule has 1 saturated carbocycles. The monoisotopic (exact) mass is 311 g/mol. The molecule has 3 nitrogen and oxygen atoms in total. The molecule has 1 fully saturated rings. The van der Waals surface area contributed by atoms with Gasteiger partial charge in [-0.05, 0) is 44.4 Å². The lowest BCUT2D eigenvalue weighted by atomic mass is 9.95. The Morgan fingerprint density at radius 1 is 1.43 bits per heavy atom. The second-order valence-corrected chi connectivity index (χ2v) is 6.23. The fraction of sp³-hybridized carbons (Fsp3) is 0.562. The quantitative estimate of drug-likeness (QED) is 0.591. The molecule has 0 bridgehead atoms. The molecule has 0 spiro atoms. The van der Waals surface area contributed by atoms with Crippen LogP contribution in [0, 0.1) is 11.7 Å². The maximum absolute atomic E-state index is 13.8. The van der Waals surface area contributed by atoms with Gasteiger partial charge in [0.25, 0.3) is 0 Å². The highest BCUT2D eigenvalue weighted by molar-refractivity contribution is 7.99. The van der Waals surface area contributed by atoms with Gasteiger partial charge in [0, 0.05) is 10.6 Å². The molecular formula is C16H22FNO2S. The van der Waals surface area contributed by atoms with Crippen molar-refractivity contribution < 1.29 is 13.9 Å². The lowest BCUT2D eigenvalue weighted by Crippen LogP contribution is -2.57. The van der Waals surface area contributed by atoms with E-state index >= 15 is 0 Å². The van der Waals surface area contributed by atoms with Gasteiger partial charge in [-0.1, -0.05) is 19.1 Å². The molecule has 1 atom stereocenters. The highest BCUT2D eigenvalue weighted by Crippen LogP contribution is 2.43. The van der Waals surface area contributed by atoms with E-state index in [0.29, 0.717) is 23.8 Å². The van der Waals surface area contributed by atoms with E-state index in [1.807, 2.05) is 19.9 Å². The molecule has 1 aliphatic rings. The fourth-order valence-corrected chi connectivity index (χ4v) is 3.74. The topological polar surface area (TPSA) is 38.3 Å². The van der Waals surface area contributed by atoms with Gasteiger partial charge in [-0.2, -0.15) is 0 Å². The average Bonchev–Trinajstić information content (AvgIpc) is 3.30. The Bertz CT molecular complexity index is 493. The summed E-state index contributed by atoms with van der Waals surface area (Å²) in [5.41, 5.74) is -0.697. The number of hydrogen-bond donors (Lipinski definition) is 1. The number of carbonyl (C=O) groups excluding carboxylic acids is 1. The normalized spacial score (nSPS) is 17.3. The number of hydrogen-bond acceptors (Lipinski definition) is 4. The van der Waals surface area contributed by atoms with E-state index in [-0.39, 0.29) is 17.7 Å². The van der Waals surface area contributed by atoms with Gasteiger partial charge in [0.2, 0.25) is 0 Å². The van der Waals surface area contributed by atoms with E-state index in [9.17, 15) is 9.18 Å². The largest absolute Gasteiger partial charge is 0.465 e. The van der Waals surface area contributed by atoms with Crippen LogP contribution in [-0.4, -0.2) is 30.4 Å². The van der Waals surface area contributed by atoms with Crippen molar-refractivity contribution in [2.45, 2.75) is 37.1 Å². The maximum Gasteiger partial charge on any atom is 0.327 e. The number of rotatable bonds is 8. The van der Waals surface area contributed by atoms with Crippen molar-refractivity contribution in [2.24, 2.45) is 5.92 Å². The van der Waals surface area contributed by atoms with Crippen LogP contribution in [-0.2, 0) is 9.53 Å². The van der Waals surface area contributed by atoms with Crippen LogP contribution in [0.2, 0.25) is 0 Å². The molecule has 1 unspecified atom stereocenters. The van der Waals surface area contributed by atoms with Gasteiger partial charge in [0.05, 0.1) is 6.61 Å². The van der Waals surface area contributed by atoms with Gasteiger partial charge in [-0.3, -0.25) is 4.79 Å². The Kier molecular flexibility index (Phi) is 5.65. The SMILES string of the molecule is CCNC(CSc1ccccc1F)(C(=O)OCC)C1CC1. The number of likely N-dealkylation sites (N-methyl/N-ethyl adjacent to an activating group) is 1. The summed E-state index contributed by atoms with van der Waals surface area (Å²) in [5.74, 6) is 0.326. The maximum atomic E-state index is 13.8. The van der Waals surface area contributed by atoms with Crippen LogP contribution in [0.4, 0.5) is 4.39 Å². The van der Waals surface area contributed by atoms with Crippen LogP contribution in [0.3, 0.4) is 0 Å². The average molecular weight is 311 g/mol. The zero-order valence-corrected chi connectivity index (χ0v) is 13.3. The first kappa shape index (κ1) is 16.3. The van der Waals surface area contributed by atoms with Crippen molar-refractivity contribution >= 4 is 17.7 Å². The van der Waals surface area contributed by atoms with Crippen LogP contribution in [0.25, 0.3) is 0 Å². The molecule has 0 radical (unpaired) electrons. The van der Waals surface area contributed by atoms with Gasteiger partial charge in [0.1, 0.15) is 11.4 Å². The highest BCUT2D eigenvalue weighted by atomic mass is 32.2. The van der Waals surface area contributed by atoms with Gasteiger partial charge < -0.3 is 10.1 Å². The van der Waals surface area contributed by atoms with Crippen molar-refractivity contribution in [1.82, 2.24) is 5.32 Å². The molecule has 2 rings (SSSR count). The number of ether oxygens (including phenoxy) is 1. The molecular weight excluding hydrogens is 289 g/mol. The Morgan fingerprint density at radius 2 is 2.14 bits per heavy atom. The molecule has 0 amide bonds. The molecule has 5 heteroatoms. The Hall–Kier alpha value is -1.07. The van der Waals surface area contributed by atoms with Crippen LogP contribution in [0.15, 0.2) is 29.2 Å². The molecule has 1 aromatic rings. The lowest BCUT2D eigenvalue weighted by molar-refractivity contribution is -0.151. The predicted octanol–water partition coefficient (Wildman–Crippen LogP) is 3.24. The minimum atomic E-state index is -0.697. The van der Waals surface area contributed by atoms with E-state index in [1.54, 1.807) is 12.1 Å². The summed E-state index contributed by atoms with van der Waals surface area (Å²) in [5, 5.41) is 3.31. The number of benzene rings is 1. The predicted molar refractivity (Wildman–Crippen MR) is 82.9 cm³/mol. The Labute approximate surface area is 129 Å². The molecule has 116 valence electrons. The zero-order valence-electron chi connectivity index (χ0n) is 12.5. The molecule has 0 heterocycles. The summed E-state index contributed by atoms with van der Waals surface area (Å²) in [6, 6.07) is 6.67. The lowest BCUT2D eigenvalue weighted by Gasteiger charge is -2.32. The van der Waals surface area contributed by atoms with Crippen LogP contribution in [0.1, 0.15) is 26.7 Å². The summed E-state index contributed by atoms with van der Waals surface area (Å²) < 4.78 is 19.0. The first-order chi connectivity index (χ1) is 10.1. The number of nitrogens with one attached hydrogen (secondary N) is 1. The molecule has 0 aliphatic heterocycles. The molecule has 1 N–H and O–H groups in total. The fourth-order valence-electron chi connectivity index (χ4n) is 2.52. The Balaban J connectivity index is 2.15. The number of thioether (sulfide) groups is 1. The molecule has 0 aromatic heterocycles. The minimum absolute atomic E-state index is 0.210. The van der Waals surface area contributed by atoms with Gasteiger partial charge >= 0.3 is 5.97 Å². The van der Waals surface area contributed by atoms with Gasteiger partial charge in [-0.15, -0.1) is 11.8 Å². The summed E-state index contributed by atoms with van der Waals surface area (Å²) in [6.45, 7) is 4.84. The van der Waals surface area contributed by atoms with Crippen LogP contribution in [0.5, 0.6) is 0 Å². The number of esters is 1. The van der Waals surface area contributed by atoms with Gasteiger partial charge in [-0.25, -0.2) is 4.39 Å². The van der Waals surface area contributed by atoms with Crippen LogP contribution < -0.4 is 5.32 Å². The van der Waals surface area contributed by atoms with Crippen molar-refractivity contribution in [1.29, 1.82) is 0 Å². The highest BCUT2D eigenvalue weighted by Gasteiger charge is 2.51. The van der Waals surface area contributed by atoms with E-state index in [2.05, 4.69) is 5.32 Å². The first-order valence-electron chi connectivity index (χ1n) is 7.43. The third kappa shape index (κ3) is 3.77. The van der Waals surface area contributed by atoms with Crippen molar-refractivity contribution in [3.63, 3.8) is 0 Å². The standard InChI is InChI=1S/C16H22FNO2S/c1-3-18-16(12-9-10-12,15(19)20-4-2)11-21-14-8-6-5-7-13(14)17/h5-8,12,18H,3-4,9-11H2,1-2H3. The molecule has 21 heavy (non-hydrogen) atoms. The zero-order chi connectivity index (χ0) is 15.3. The summed E-state index contributed by atoms with van der Waals surface area (Å²) in [4.78, 5) is 13.0. The van der Waals surface area contributed by atoms with Gasteiger partial charge in [0.15, 0.2) is 0 Å². The Morgan fingerprint density at radius 3 is 2.71 bits per heavy atom. The summed E-state index contributed by atoms with van der Waals surface area (Å²) in [7, 11) is 0.